The molecule has 1 rings (SSSR count). The van der Waals surface area contributed by atoms with E-state index in [4.69, 9.17) is 11.5 Å². The minimum atomic E-state index is -0.618. The van der Waals surface area contributed by atoms with Gasteiger partial charge in [0.05, 0.1) is 0 Å². The highest BCUT2D eigenvalue weighted by molar-refractivity contribution is 5.92. The summed E-state index contributed by atoms with van der Waals surface area (Å²) in [5, 5.41) is 0. The molecule has 0 aliphatic rings. The van der Waals surface area contributed by atoms with Crippen molar-refractivity contribution in [1.29, 1.82) is 0 Å². The normalized spacial score (nSPS) is 11.9. The summed E-state index contributed by atoms with van der Waals surface area (Å²) in [6, 6.07) is 4.37. The quantitative estimate of drug-likeness (QED) is 0.799. The van der Waals surface area contributed by atoms with Crippen molar-refractivity contribution in [2.24, 2.45) is 16.9 Å². The summed E-state index contributed by atoms with van der Waals surface area (Å²) in [6.45, 7) is 8.86. The van der Waals surface area contributed by atoms with Crippen LogP contribution in [0.25, 0.3) is 0 Å². The van der Waals surface area contributed by atoms with E-state index in [9.17, 15) is 9.18 Å². The molecule has 0 heterocycles. The Labute approximate surface area is 119 Å². The molecule has 5 heteroatoms. The zero-order chi connectivity index (χ0) is 15.3. The van der Waals surface area contributed by atoms with E-state index in [-0.39, 0.29) is 11.0 Å². The van der Waals surface area contributed by atoms with Crippen molar-refractivity contribution in [3.05, 3.63) is 35.1 Å². The van der Waals surface area contributed by atoms with Gasteiger partial charge in [-0.25, -0.2) is 4.39 Å². The first-order valence-corrected chi connectivity index (χ1v) is 6.79. The van der Waals surface area contributed by atoms with Gasteiger partial charge in [0.25, 0.3) is 0 Å². The highest BCUT2D eigenvalue weighted by atomic mass is 19.1. The average Bonchev–Trinajstić information content (AvgIpc) is 2.39. The Morgan fingerprint density at radius 3 is 2.50 bits per heavy atom. The minimum absolute atomic E-state index is 0.0142. The summed E-state index contributed by atoms with van der Waals surface area (Å²) < 4.78 is 14.0. The number of nitrogens with zero attached hydrogens (tertiary/aromatic N) is 1. The van der Waals surface area contributed by atoms with Crippen LogP contribution in [0, 0.1) is 11.2 Å². The predicted molar refractivity (Wildman–Crippen MR) is 78.7 cm³/mol. The third-order valence-electron chi connectivity index (χ3n) is 3.38. The second-order valence-electron chi connectivity index (χ2n) is 5.84. The lowest BCUT2D eigenvalue weighted by molar-refractivity contribution is 0.1000. The molecule has 0 aliphatic heterocycles. The van der Waals surface area contributed by atoms with Gasteiger partial charge in [0.2, 0.25) is 5.91 Å². The van der Waals surface area contributed by atoms with Crippen LogP contribution in [-0.4, -0.2) is 30.4 Å². The zero-order valence-corrected chi connectivity index (χ0v) is 12.4. The van der Waals surface area contributed by atoms with Crippen LogP contribution in [0.15, 0.2) is 18.2 Å². The van der Waals surface area contributed by atoms with E-state index in [1.54, 1.807) is 12.1 Å². The number of hydrogen-bond donors (Lipinski definition) is 2. The molecular weight excluding hydrogens is 257 g/mol. The number of nitrogens with two attached hydrogens (primary N) is 2. The first kappa shape index (κ1) is 16.6. The van der Waals surface area contributed by atoms with Crippen LogP contribution in [0.5, 0.6) is 0 Å². The van der Waals surface area contributed by atoms with Gasteiger partial charge in [-0.15, -0.1) is 0 Å². The van der Waals surface area contributed by atoms with Crippen LogP contribution in [0.1, 0.15) is 36.7 Å². The molecule has 112 valence electrons. The van der Waals surface area contributed by atoms with Crippen molar-refractivity contribution in [3.8, 4) is 0 Å². The molecule has 4 nitrogen and oxygen atoms in total. The SMILES string of the molecule is CCN(Cc1ccc(C(N)=O)cc1F)CC(C)(C)CN. The van der Waals surface area contributed by atoms with Crippen LogP contribution >= 0.6 is 0 Å². The summed E-state index contributed by atoms with van der Waals surface area (Å²) in [5.41, 5.74) is 11.6. The Balaban J connectivity index is 2.83. The Bertz CT molecular complexity index is 474. The summed E-state index contributed by atoms with van der Waals surface area (Å²) in [5.74, 6) is -1.02. The van der Waals surface area contributed by atoms with Gasteiger partial charge in [0.15, 0.2) is 0 Å². The van der Waals surface area contributed by atoms with E-state index in [1.807, 2.05) is 6.92 Å². The topological polar surface area (TPSA) is 72.3 Å². The molecule has 0 saturated heterocycles. The van der Waals surface area contributed by atoms with Gasteiger partial charge in [0.1, 0.15) is 5.82 Å². The van der Waals surface area contributed by atoms with Crippen molar-refractivity contribution in [1.82, 2.24) is 4.90 Å². The van der Waals surface area contributed by atoms with Crippen molar-refractivity contribution in [2.75, 3.05) is 19.6 Å². The van der Waals surface area contributed by atoms with E-state index in [0.29, 0.717) is 18.7 Å². The second-order valence-corrected chi connectivity index (χ2v) is 5.84. The Hall–Kier alpha value is -1.46. The third kappa shape index (κ3) is 4.58. The van der Waals surface area contributed by atoms with E-state index < -0.39 is 11.7 Å². The van der Waals surface area contributed by atoms with E-state index in [1.165, 1.54) is 6.07 Å². The van der Waals surface area contributed by atoms with Gasteiger partial charge >= 0.3 is 0 Å². The van der Waals surface area contributed by atoms with Crippen LogP contribution in [-0.2, 0) is 6.54 Å². The molecule has 0 radical (unpaired) electrons. The number of halogens is 1. The minimum Gasteiger partial charge on any atom is -0.366 e. The van der Waals surface area contributed by atoms with Crippen LogP contribution in [0.2, 0.25) is 0 Å². The fourth-order valence-corrected chi connectivity index (χ4v) is 2.02. The monoisotopic (exact) mass is 281 g/mol. The number of amides is 1. The summed E-state index contributed by atoms with van der Waals surface area (Å²) >= 11 is 0. The molecular formula is C15H24FN3O. The highest BCUT2D eigenvalue weighted by Crippen LogP contribution is 2.18. The number of rotatable bonds is 7. The highest BCUT2D eigenvalue weighted by Gasteiger charge is 2.20. The molecule has 0 spiro atoms. The molecule has 0 aromatic heterocycles. The number of hydrogen-bond acceptors (Lipinski definition) is 3. The summed E-state index contributed by atoms with van der Waals surface area (Å²) in [7, 11) is 0. The lowest BCUT2D eigenvalue weighted by Gasteiger charge is -2.31. The van der Waals surface area contributed by atoms with Gasteiger partial charge in [-0.1, -0.05) is 26.8 Å². The molecule has 0 aliphatic carbocycles. The molecule has 20 heavy (non-hydrogen) atoms. The summed E-state index contributed by atoms with van der Waals surface area (Å²) in [6.07, 6.45) is 0. The molecule has 0 unspecified atom stereocenters. The van der Waals surface area contributed by atoms with Crippen molar-refractivity contribution in [2.45, 2.75) is 27.3 Å². The van der Waals surface area contributed by atoms with E-state index in [2.05, 4.69) is 18.7 Å². The zero-order valence-electron chi connectivity index (χ0n) is 12.4. The summed E-state index contributed by atoms with van der Waals surface area (Å²) in [4.78, 5) is 13.1. The maximum Gasteiger partial charge on any atom is 0.248 e. The fraction of sp³-hybridized carbons (Fsp3) is 0.533. The maximum absolute atomic E-state index is 14.0. The fourth-order valence-electron chi connectivity index (χ4n) is 2.02. The second kappa shape index (κ2) is 6.81. The average molecular weight is 281 g/mol. The molecule has 0 fully saturated rings. The molecule has 0 saturated carbocycles. The van der Waals surface area contributed by atoms with Gasteiger partial charge in [0, 0.05) is 24.2 Å². The number of primary amides is 1. The van der Waals surface area contributed by atoms with Crippen LogP contribution < -0.4 is 11.5 Å². The first-order chi connectivity index (χ1) is 9.29. The predicted octanol–water partition coefficient (Wildman–Crippen LogP) is 1.73. The Kier molecular flexibility index (Phi) is 5.65. The lowest BCUT2D eigenvalue weighted by Crippen LogP contribution is -2.38. The van der Waals surface area contributed by atoms with Crippen molar-refractivity contribution < 1.29 is 9.18 Å². The van der Waals surface area contributed by atoms with Crippen molar-refractivity contribution >= 4 is 5.91 Å². The number of benzene rings is 1. The van der Waals surface area contributed by atoms with E-state index in [0.717, 1.165) is 13.1 Å². The van der Waals surface area contributed by atoms with Crippen LogP contribution in [0.4, 0.5) is 4.39 Å². The molecule has 4 N–H and O–H groups in total. The van der Waals surface area contributed by atoms with Gasteiger partial charge in [-0.05, 0) is 30.6 Å². The number of carbonyl (C=O) groups is 1. The molecule has 1 aromatic rings. The standard InChI is InChI=1S/C15H24FN3O/c1-4-19(10-15(2,3)9-17)8-12-6-5-11(14(18)20)7-13(12)16/h5-7H,4,8-10,17H2,1-3H3,(H2,18,20). The first-order valence-electron chi connectivity index (χ1n) is 6.79. The Morgan fingerprint density at radius 2 is 2.05 bits per heavy atom. The van der Waals surface area contributed by atoms with Gasteiger partial charge < -0.3 is 11.5 Å². The molecule has 1 amide bonds. The molecule has 0 bridgehead atoms. The number of carbonyl (C=O) groups excluding carboxylic acids is 1. The van der Waals surface area contributed by atoms with Crippen LogP contribution in [0.3, 0.4) is 0 Å². The third-order valence-corrected chi connectivity index (χ3v) is 3.38. The van der Waals surface area contributed by atoms with Gasteiger partial charge in [-0.2, -0.15) is 0 Å². The lowest BCUT2D eigenvalue weighted by atomic mass is 9.93. The smallest absolute Gasteiger partial charge is 0.248 e. The van der Waals surface area contributed by atoms with E-state index >= 15 is 0 Å². The molecule has 0 atom stereocenters. The van der Waals surface area contributed by atoms with Gasteiger partial charge in [-0.3, -0.25) is 9.69 Å². The maximum atomic E-state index is 14.0. The Morgan fingerprint density at radius 1 is 1.40 bits per heavy atom. The molecule has 1 aromatic carbocycles. The largest absolute Gasteiger partial charge is 0.366 e. The van der Waals surface area contributed by atoms with Crippen molar-refractivity contribution in [3.63, 3.8) is 0 Å².